The number of aryl methyl sites for hydroxylation is 4. The van der Waals surface area contributed by atoms with Crippen LogP contribution in [0.25, 0.3) is 5.70 Å². The third-order valence-corrected chi connectivity index (χ3v) is 9.51. The topological polar surface area (TPSA) is 24.4 Å². The number of allylic oxidation sites excluding steroid dienone is 1. The quantitative estimate of drug-likeness (QED) is 0.304. The molecule has 0 unspecified atom stereocenters. The lowest BCUT2D eigenvalue weighted by molar-refractivity contribution is 1.22. The van der Waals surface area contributed by atoms with Gasteiger partial charge >= 0.3 is 0 Å². The van der Waals surface area contributed by atoms with Crippen LogP contribution in [0.3, 0.4) is 0 Å². The summed E-state index contributed by atoms with van der Waals surface area (Å²) in [6, 6.07) is 13.3. The fourth-order valence-electron chi connectivity index (χ4n) is 4.44. The lowest BCUT2D eigenvalue weighted by atomic mass is 9.95. The van der Waals surface area contributed by atoms with Gasteiger partial charge in [0.2, 0.25) is 0 Å². The molecule has 0 heterocycles. The van der Waals surface area contributed by atoms with E-state index in [4.69, 9.17) is 4.66 Å². The Hall–Kier alpha value is -1.70. The van der Waals surface area contributed by atoms with Crippen LogP contribution in [0.5, 0.6) is 0 Å². The van der Waals surface area contributed by atoms with Crippen molar-refractivity contribution in [2.45, 2.75) is 86.6 Å². The standard InChI is InChI=1S/C28H46N2Si3/c1-20-16-14-17-21(2)24(20)26(29-32(8,9)10)28(31(5,6)7)27(30-33(11,12)13)25-22(3)18-15-19-23(25)4/h14-19,29H,1-13H3/b28-26+,30-27+. The molecule has 0 fully saturated rings. The summed E-state index contributed by atoms with van der Waals surface area (Å²) in [6.07, 6.45) is 0. The molecule has 0 radical (unpaired) electrons. The average Bonchev–Trinajstić information content (AvgIpc) is 2.57. The van der Waals surface area contributed by atoms with E-state index in [2.05, 4.69) is 128 Å². The number of nitrogens with zero attached hydrogens (tertiary/aromatic N) is 1. The summed E-state index contributed by atoms with van der Waals surface area (Å²) in [6.45, 7) is 30.7. The van der Waals surface area contributed by atoms with Gasteiger partial charge in [-0.25, -0.2) is 0 Å². The van der Waals surface area contributed by atoms with Gasteiger partial charge in [0.1, 0.15) is 8.24 Å². The maximum absolute atomic E-state index is 5.61. The van der Waals surface area contributed by atoms with Gasteiger partial charge in [-0.1, -0.05) is 75.7 Å². The van der Waals surface area contributed by atoms with E-state index in [9.17, 15) is 0 Å². The molecule has 2 aromatic rings. The summed E-state index contributed by atoms with van der Waals surface area (Å²) in [7, 11) is -5.25. The Morgan fingerprint density at radius 2 is 1.03 bits per heavy atom. The molecule has 180 valence electrons. The van der Waals surface area contributed by atoms with Crippen LogP contribution in [0.1, 0.15) is 33.4 Å². The van der Waals surface area contributed by atoms with Gasteiger partial charge in [0.25, 0.3) is 0 Å². The van der Waals surface area contributed by atoms with Gasteiger partial charge in [0.15, 0.2) is 8.24 Å². The van der Waals surface area contributed by atoms with Crippen molar-refractivity contribution >= 4 is 36.0 Å². The number of hydrogen-bond donors (Lipinski definition) is 1. The summed E-state index contributed by atoms with van der Waals surface area (Å²) >= 11 is 0. The van der Waals surface area contributed by atoms with Gasteiger partial charge in [-0.15, -0.1) is 0 Å². The van der Waals surface area contributed by atoms with Crippen molar-refractivity contribution in [1.29, 1.82) is 0 Å². The average molecular weight is 495 g/mol. The van der Waals surface area contributed by atoms with Crippen LogP contribution in [0.15, 0.2) is 46.3 Å². The van der Waals surface area contributed by atoms with Crippen LogP contribution >= 0.6 is 0 Å². The second kappa shape index (κ2) is 9.88. The highest BCUT2D eigenvalue weighted by Crippen LogP contribution is 2.34. The van der Waals surface area contributed by atoms with Gasteiger partial charge in [-0.05, 0) is 74.8 Å². The molecule has 0 bridgehead atoms. The highest BCUT2D eigenvalue weighted by atomic mass is 28.3. The van der Waals surface area contributed by atoms with E-state index < -0.39 is 24.5 Å². The Balaban J connectivity index is 3.18. The second-order valence-electron chi connectivity index (χ2n) is 12.5. The predicted octanol–water partition coefficient (Wildman–Crippen LogP) is 8.26. The molecule has 5 heteroatoms. The zero-order chi connectivity index (χ0) is 25.4. The van der Waals surface area contributed by atoms with Crippen molar-refractivity contribution < 1.29 is 0 Å². The van der Waals surface area contributed by atoms with Crippen LogP contribution in [-0.4, -0.2) is 30.3 Å². The molecule has 1 N–H and O–H groups in total. The maximum atomic E-state index is 5.61. The minimum Gasteiger partial charge on any atom is -0.410 e. The van der Waals surface area contributed by atoms with Gasteiger partial charge in [0.05, 0.1) is 13.8 Å². The van der Waals surface area contributed by atoms with Crippen molar-refractivity contribution in [3.05, 3.63) is 75.0 Å². The van der Waals surface area contributed by atoms with Gasteiger partial charge in [0, 0.05) is 16.8 Å². The van der Waals surface area contributed by atoms with E-state index in [1.54, 1.807) is 0 Å². The summed E-state index contributed by atoms with van der Waals surface area (Å²) in [5.74, 6) is 0. The third kappa shape index (κ3) is 7.14. The first-order valence-electron chi connectivity index (χ1n) is 12.2. The van der Waals surface area contributed by atoms with E-state index in [1.807, 2.05) is 0 Å². The molecular formula is C28H46N2Si3. The van der Waals surface area contributed by atoms with E-state index >= 15 is 0 Å². The molecule has 0 aliphatic heterocycles. The molecule has 0 amide bonds. The minimum atomic E-state index is -1.84. The molecule has 2 rings (SSSR count). The molecule has 33 heavy (non-hydrogen) atoms. The third-order valence-electron chi connectivity index (χ3n) is 5.63. The molecule has 2 nitrogen and oxygen atoms in total. The number of nitrogens with one attached hydrogen (secondary N) is 1. The normalized spacial score (nSPS) is 14.3. The van der Waals surface area contributed by atoms with E-state index in [1.165, 1.54) is 50.0 Å². The van der Waals surface area contributed by atoms with E-state index in [0.717, 1.165) is 0 Å². The summed E-state index contributed by atoms with van der Waals surface area (Å²) in [5.41, 5.74) is 10.6. The molecule has 0 spiro atoms. The van der Waals surface area contributed by atoms with Gasteiger partial charge in [-0.2, -0.15) is 0 Å². The molecule has 0 saturated carbocycles. The van der Waals surface area contributed by atoms with Crippen LogP contribution in [0.4, 0.5) is 0 Å². The fourth-order valence-corrected chi connectivity index (χ4v) is 8.40. The van der Waals surface area contributed by atoms with Crippen molar-refractivity contribution in [3.8, 4) is 0 Å². The van der Waals surface area contributed by atoms with Crippen molar-refractivity contribution in [2.75, 3.05) is 0 Å². The lowest BCUT2D eigenvalue weighted by Crippen LogP contribution is -2.44. The maximum Gasteiger partial charge on any atom is 0.173 e. The van der Waals surface area contributed by atoms with Gasteiger partial charge < -0.3 is 9.64 Å². The summed E-state index contributed by atoms with van der Waals surface area (Å²) in [4.78, 5) is 4.12. The SMILES string of the molecule is Cc1cccc(C)c1C(=N\[Si](C)(C)C)/C(=C(\N[Si](C)(C)C)c1c(C)cccc1C)[Si](C)(C)C. The molecule has 0 aromatic heterocycles. The monoisotopic (exact) mass is 494 g/mol. The molecule has 0 saturated heterocycles. The van der Waals surface area contributed by atoms with Gasteiger partial charge in [-0.3, -0.25) is 0 Å². The number of hydrogen-bond acceptors (Lipinski definition) is 2. The minimum absolute atomic E-state index is 1.24. The Kier molecular flexibility index (Phi) is 8.25. The Morgan fingerprint density at radius 3 is 1.36 bits per heavy atom. The molecule has 2 aromatic carbocycles. The largest absolute Gasteiger partial charge is 0.410 e. The lowest BCUT2D eigenvalue weighted by Gasteiger charge is -2.34. The smallest absolute Gasteiger partial charge is 0.173 e. The second-order valence-corrected chi connectivity index (χ2v) is 26.9. The first kappa shape index (κ1) is 27.5. The van der Waals surface area contributed by atoms with Crippen molar-refractivity contribution in [2.24, 2.45) is 4.66 Å². The van der Waals surface area contributed by atoms with Crippen LogP contribution < -0.4 is 4.98 Å². The zero-order valence-corrected chi connectivity index (χ0v) is 26.4. The number of rotatable bonds is 7. The van der Waals surface area contributed by atoms with E-state index in [0.29, 0.717) is 0 Å². The fraction of sp³-hybridized carbons (Fsp3) is 0.464. The predicted molar refractivity (Wildman–Crippen MR) is 158 cm³/mol. The zero-order valence-electron chi connectivity index (χ0n) is 23.4. The Morgan fingerprint density at radius 1 is 0.636 bits per heavy atom. The van der Waals surface area contributed by atoms with Crippen LogP contribution in [0.2, 0.25) is 58.9 Å². The van der Waals surface area contributed by atoms with Crippen LogP contribution in [0, 0.1) is 27.7 Å². The molecule has 0 atom stereocenters. The molecule has 0 aliphatic carbocycles. The first-order chi connectivity index (χ1) is 14.9. The highest BCUT2D eigenvalue weighted by Gasteiger charge is 2.34. The first-order valence-corrected chi connectivity index (χ1v) is 22.6. The van der Waals surface area contributed by atoms with Crippen molar-refractivity contribution in [1.82, 2.24) is 4.98 Å². The Labute approximate surface area is 206 Å². The van der Waals surface area contributed by atoms with E-state index in [-0.39, 0.29) is 0 Å². The van der Waals surface area contributed by atoms with Crippen LogP contribution in [-0.2, 0) is 0 Å². The highest BCUT2D eigenvalue weighted by molar-refractivity contribution is 6.90. The summed E-state index contributed by atoms with van der Waals surface area (Å²) in [5, 5.41) is 1.47. The molecular weight excluding hydrogens is 449 g/mol. The van der Waals surface area contributed by atoms with Crippen molar-refractivity contribution in [3.63, 3.8) is 0 Å². The summed E-state index contributed by atoms with van der Waals surface area (Å²) < 4.78 is 5.61. The Bertz CT molecular complexity index is 1040. The molecule has 0 aliphatic rings. The number of benzene rings is 2.